The van der Waals surface area contributed by atoms with Gasteiger partial charge in [0.1, 0.15) is 0 Å². The summed E-state index contributed by atoms with van der Waals surface area (Å²) in [5, 5.41) is 7.95. The average Bonchev–Trinajstić information content (AvgIpc) is 2.72. The van der Waals surface area contributed by atoms with Gasteiger partial charge in [-0.2, -0.15) is 0 Å². The summed E-state index contributed by atoms with van der Waals surface area (Å²) < 4.78 is 23.0. The van der Waals surface area contributed by atoms with Crippen molar-refractivity contribution in [2.45, 2.75) is 56.0 Å². The molecular formula is C22H29N3O3S. The van der Waals surface area contributed by atoms with Crippen LogP contribution in [0, 0.1) is 0 Å². The minimum Gasteiger partial charge on any atom is -0.326 e. The van der Waals surface area contributed by atoms with Crippen LogP contribution >= 0.6 is 0 Å². The predicted octanol–water partition coefficient (Wildman–Crippen LogP) is 3.50. The average molecular weight is 416 g/mol. The second kappa shape index (κ2) is 10.0. The minimum atomic E-state index is -3.80. The normalized spacial score (nSPS) is 15.4. The maximum Gasteiger partial charge on any atom is 0.238 e. The van der Waals surface area contributed by atoms with Gasteiger partial charge in [-0.25, -0.2) is 13.6 Å². The van der Waals surface area contributed by atoms with Crippen LogP contribution in [0.1, 0.15) is 44.1 Å². The Morgan fingerprint density at radius 2 is 1.76 bits per heavy atom. The van der Waals surface area contributed by atoms with Gasteiger partial charge in [-0.15, -0.1) is 0 Å². The number of carbonyl (C=O) groups is 1. The van der Waals surface area contributed by atoms with Crippen LogP contribution in [-0.2, 0) is 21.4 Å². The Labute approximate surface area is 173 Å². The van der Waals surface area contributed by atoms with Crippen LogP contribution in [0.3, 0.4) is 0 Å². The van der Waals surface area contributed by atoms with Crippen molar-refractivity contribution in [3.63, 3.8) is 0 Å². The van der Waals surface area contributed by atoms with E-state index in [-0.39, 0.29) is 10.8 Å². The zero-order valence-corrected chi connectivity index (χ0v) is 17.4. The molecule has 3 N–H and O–H groups in total. The number of benzene rings is 2. The molecule has 0 heterocycles. The number of hydrogen-bond acceptors (Lipinski definition) is 4. The van der Waals surface area contributed by atoms with E-state index < -0.39 is 10.0 Å². The molecule has 7 heteroatoms. The lowest BCUT2D eigenvalue weighted by Gasteiger charge is -2.34. The number of anilines is 1. The van der Waals surface area contributed by atoms with Gasteiger partial charge in [0.2, 0.25) is 15.9 Å². The molecular weight excluding hydrogens is 386 g/mol. The molecule has 0 atom stereocenters. The van der Waals surface area contributed by atoms with E-state index in [0.717, 1.165) is 6.54 Å². The van der Waals surface area contributed by atoms with Crippen molar-refractivity contribution in [2.24, 2.45) is 5.14 Å². The van der Waals surface area contributed by atoms with Gasteiger partial charge in [-0.3, -0.25) is 9.69 Å². The van der Waals surface area contributed by atoms with Crippen molar-refractivity contribution in [2.75, 3.05) is 11.9 Å². The quantitative estimate of drug-likeness (QED) is 0.690. The molecule has 0 spiro atoms. The Morgan fingerprint density at radius 3 is 2.45 bits per heavy atom. The van der Waals surface area contributed by atoms with Crippen LogP contribution in [0.25, 0.3) is 0 Å². The van der Waals surface area contributed by atoms with Gasteiger partial charge in [0.25, 0.3) is 0 Å². The molecule has 0 radical (unpaired) electrons. The standard InChI is InChI=1S/C22H29N3O3S/c23-29(27,28)21-13-7-10-19(16-21)24-22(26)14-15-25(20-11-5-2-6-12-20)17-18-8-3-1-4-9-18/h1,3-4,7-10,13,16,20H,2,5-6,11-12,14-15,17H2,(H,24,26)(H2,23,27,28). The largest absolute Gasteiger partial charge is 0.326 e. The van der Waals surface area contributed by atoms with Crippen LogP contribution in [0.15, 0.2) is 59.5 Å². The van der Waals surface area contributed by atoms with Crippen LogP contribution in [0.5, 0.6) is 0 Å². The van der Waals surface area contributed by atoms with E-state index in [4.69, 9.17) is 5.14 Å². The van der Waals surface area contributed by atoms with E-state index in [0.29, 0.717) is 24.7 Å². The molecule has 156 valence electrons. The molecule has 2 aromatic rings. The number of carbonyl (C=O) groups excluding carboxylic acids is 1. The summed E-state index contributed by atoms with van der Waals surface area (Å²) >= 11 is 0. The summed E-state index contributed by atoms with van der Waals surface area (Å²) in [5.41, 5.74) is 1.69. The molecule has 29 heavy (non-hydrogen) atoms. The summed E-state index contributed by atoms with van der Waals surface area (Å²) in [6.45, 7) is 1.50. The highest BCUT2D eigenvalue weighted by Gasteiger charge is 2.22. The third-order valence-corrected chi connectivity index (χ3v) is 6.30. The summed E-state index contributed by atoms with van der Waals surface area (Å²) in [6, 6.07) is 16.9. The van der Waals surface area contributed by atoms with Gasteiger partial charge in [0, 0.05) is 31.2 Å². The van der Waals surface area contributed by atoms with E-state index in [1.54, 1.807) is 12.1 Å². The summed E-state index contributed by atoms with van der Waals surface area (Å²) in [4.78, 5) is 14.9. The van der Waals surface area contributed by atoms with E-state index in [2.05, 4.69) is 22.3 Å². The number of amides is 1. The molecule has 3 rings (SSSR count). The SMILES string of the molecule is NS(=O)(=O)c1cccc(NC(=O)CCN(Cc2ccccc2)C2CCCCC2)c1. The number of nitrogens with one attached hydrogen (secondary N) is 1. The van der Waals surface area contributed by atoms with E-state index in [1.165, 1.54) is 49.8 Å². The number of nitrogens with two attached hydrogens (primary N) is 1. The van der Waals surface area contributed by atoms with E-state index in [9.17, 15) is 13.2 Å². The first-order valence-corrected chi connectivity index (χ1v) is 11.7. The third-order valence-electron chi connectivity index (χ3n) is 5.39. The van der Waals surface area contributed by atoms with Crippen LogP contribution in [-0.4, -0.2) is 31.8 Å². The Kier molecular flexibility index (Phi) is 7.41. The molecule has 0 bridgehead atoms. The number of primary sulfonamides is 1. The number of sulfonamides is 1. The third kappa shape index (κ3) is 6.66. The molecule has 1 aliphatic carbocycles. The van der Waals surface area contributed by atoms with Crippen LogP contribution in [0.2, 0.25) is 0 Å². The Bertz CT molecular complexity index is 910. The molecule has 0 aromatic heterocycles. The van der Waals surface area contributed by atoms with Gasteiger partial charge in [-0.05, 0) is 36.6 Å². The highest BCUT2D eigenvalue weighted by molar-refractivity contribution is 7.89. The van der Waals surface area contributed by atoms with Crippen LogP contribution < -0.4 is 10.5 Å². The van der Waals surface area contributed by atoms with Crippen molar-refractivity contribution >= 4 is 21.6 Å². The lowest BCUT2D eigenvalue weighted by Crippen LogP contribution is -2.38. The molecule has 6 nitrogen and oxygen atoms in total. The Balaban J connectivity index is 1.61. The summed E-state index contributed by atoms with van der Waals surface area (Å²) in [7, 11) is -3.80. The van der Waals surface area contributed by atoms with Gasteiger partial charge < -0.3 is 5.32 Å². The summed E-state index contributed by atoms with van der Waals surface area (Å²) in [6.07, 6.45) is 6.46. The smallest absolute Gasteiger partial charge is 0.238 e. The fourth-order valence-electron chi connectivity index (χ4n) is 3.87. The second-order valence-corrected chi connectivity index (χ2v) is 9.18. The van der Waals surface area contributed by atoms with E-state index in [1.807, 2.05) is 18.2 Å². The monoisotopic (exact) mass is 415 g/mol. The Hall–Kier alpha value is -2.22. The van der Waals surface area contributed by atoms with Crippen molar-refractivity contribution in [1.29, 1.82) is 0 Å². The first kappa shape index (κ1) is 21.5. The Morgan fingerprint density at radius 1 is 1.03 bits per heavy atom. The van der Waals surface area contributed by atoms with E-state index >= 15 is 0 Å². The van der Waals surface area contributed by atoms with Crippen molar-refractivity contribution < 1.29 is 13.2 Å². The lowest BCUT2D eigenvalue weighted by atomic mass is 9.93. The topological polar surface area (TPSA) is 92.5 Å². The van der Waals surface area contributed by atoms with Gasteiger partial charge in [0.15, 0.2) is 0 Å². The number of rotatable bonds is 8. The number of hydrogen-bond donors (Lipinski definition) is 2. The highest BCUT2D eigenvalue weighted by Crippen LogP contribution is 2.24. The predicted molar refractivity (Wildman–Crippen MR) is 115 cm³/mol. The highest BCUT2D eigenvalue weighted by atomic mass is 32.2. The second-order valence-electron chi connectivity index (χ2n) is 7.62. The van der Waals surface area contributed by atoms with Gasteiger partial charge in [-0.1, -0.05) is 55.7 Å². The fraction of sp³-hybridized carbons (Fsp3) is 0.409. The molecule has 0 saturated heterocycles. The van der Waals surface area contributed by atoms with Crippen molar-refractivity contribution in [3.05, 3.63) is 60.2 Å². The van der Waals surface area contributed by atoms with Crippen LogP contribution in [0.4, 0.5) is 5.69 Å². The fourth-order valence-corrected chi connectivity index (χ4v) is 4.43. The first-order chi connectivity index (χ1) is 13.9. The molecule has 1 amide bonds. The van der Waals surface area contributed by atoms with Crippen molar-refractivity contribution in [1.82, 2.24) is 4.90 Å². The molecule has 2 aromatic carbocycles. The number of nitrogens with zero attached hydrogens (tertiary/aromatic N) is 1. The lowest BCUT2D eigenvalue weighted by molar-refractivity contribution is -0.116. The molecule has 1 aliphatic rings. The zero-order valence-electron chi connectivity index (χ0n) is 16.6. The molecule has 1 saturated carbocycles. The van der Waals surface area contributed by atoms with Gasteiger partial charge in [0.05, 0.1) is 4.90 Å². The first-order valence-electron chi connectivity index (χ1n) is 10.1. The molecule has 0 unspecified atom stereocenters. The zero-order chi connectivity index (χ0) is 20.7. The minimum absolute atomic E-state index is 0.0109. The van der Waals surface area contributed by atoms with Gasteiger partial charge >= 0.3 is 0 Å². The summed E-state index contributed by atoms with van der Waals surface area (Å²) in [5.74, 6) is -0.134. The van der Waals surface area contributed by atoms with Crippen molar-refractivity contribution in [3.8, 4) is 0 Å². The molecule has 0 aliphatic heterocycles. The maximum absolute atomic E-state index is 12.5. The maximum atomic E-state index is 12.5. The molecule has 1 fully saturated rings.